The second-order valence-corrected chi connectivity index (χ2v) is 1.66. The Morgan fingerprint density at radius 2 is 2.11 bits per heavy atom. The largest absolute Gasteiger partial charge is 0.428 e. The fourth-order valence-electron chi connectivity index (χ4n) is 0.228. The van der Waals surface area contributed by atoms with E-state index in [9.17, 15) is 0 Å². The maximum atomic E-state index is 4.61. The summed E-state index contributed by atoms with van der Waals surface area (Å²) < 4.78 is 4.61. The van der Waals surface area contributed by atoms with Gasteiger partial charge in [-0.1, -0.05) is 20.3 Å². The van der Waals surface area contributed by atoms with Crippen LogP contribution in [0.15, 0.2) is 10.8 Å². The maximum absolute atomic E-state index is 4.61. The standard InChI is InChI=1S/C3H4N2O.C3H8/c1-3-5-4-2-6-3;1-3-2/h2H,1H3;3H2,1-2H3. The quantitative estimate of drug-likeness (QED) is 0.534. The lowest BCUT2D eigenvalue weighted by Gasteiger charge is -1.63. The van der Waals surface area contributed by atoms with Crippen molar-refractivity contribution in [3.63, 3.8) is 0 Å². The van der Waals surface area contributed by atoms with Crippen LogP contribution >= 0.6 is 0 Å². The van der Waals surface area contributed by atoms with Crippen molar-refractivity contribution in [2.45, 2.75) is 27.2 Å². The zero-order valence-electron chi connectivity index (χ0n) is 6.09. The van der Waals surface area contributed by atoms with Crippen molar-refractivity contribution in [1.82, 2.24) is 10.2 Å². The van der Waals surface area contributed by atoms with Crippen LogP contribution in [0.25, 0.3) is 0 Å². The minimum atomic E-state index is 0.606. The first-order valence-corrected chi connectivity index (χ1v) is 3.04. The summed E-state index contributed by atoms with van der Waals surface area (Å²) in [6.07, 6.45) is 2.55. The molecule has 0 unspecified atom stereocenters. The number of rotatable bonds is 0. The van der Waals surface area contributed by atoms with Crippen molar-refractivity contribution < 1.29 is 4.42 Å². The first kappa shape index (κ1) is 8.14. The Bertz CT molecular complexity index is 126. The number of hydrogen-bond acceptors (Lipinski definition) is 3. The van der Waals surface area contributed by atoms with Crippen molar-refractivity contribution in [1.29, 1.82) is 0 Å². The first-order chi connectivity index (χ1) is 4.31. The third-order valence-corrected chi connectivity index (χ3v) is 0.469. The van der Waals surface area contributed by atoms with Gasteiger partial charge in [0, 0.05) is 6.92 Å². The monoisotopic (exact) mass is 128 g/mol. The summed E-state index contributed by atoms with van der Waals surface area (Å²) in [4.78, 5) is 0. The van der Waals surface area contributed by atoms with E-state index in [-0.39, 0.29) is 0 Å². The molecule has 3 nitrogen and oxygen atoms in total. The van der Waals surface area contributed by atoms with Gasteiger partial charge in [0.25, 0.3) is 0 Å². The predicted molar refractivity (Wildman–Crippen MR) is 35.0 cm³/mol. The molecular formula is C6H12N2O. The zero-order chi connectivity index (χ0) is 7.11. The Balaban J connectivity index is 0.000000187. The number of aryl methyl sites for hydroxylation is 1. The number of aromatic nitrogens is 2. The second kappa shape index (κ2) is 5.28. The summed E-state index contributed by atoms with van der Waals surface area (Å²) in [5.74, 6) is 0.606. The normalized spacial score (nSPS) is 7.89. The summed E-state index contributed by atoms with van der Waals surface area (Å²) in [6.45, 7) is 5.99. The molecule has 0 aliphatic heterocycles. The molecule has 0 radical (unpaired) electrons. The van der Waals surface area contributed by atoms with E-state index in [2.05, 4.69) is 28.5 Å². The lowest BCUT2D eigenvalue weighted by molar-refractivity contribution is 0.518. The fourth-order valence-corrected chi connectivity index (χ4v) is 0.228. The summed E-state index contributed by atoms with van der Waals surface area (Å²) in [7, 11) is 0. The van der Waals surface area contributed by atoms with Gasteiger partial charge in [-0.2, -0.15) is 0 Å². The lowest BCUT2D eigenvalue weighted by atomic mass is 10.6. The Morgan fingerprint density at radius 1 is 1.56 bits per heavy atom. The molecule has 0 aliphatic carbocycles. The van der Waals surface area contributed by atoms with Gasteiger partial charge in [0.05, 0.1) is 0 Å². The average molecular weight is 128 g/mol. The van der Waals surface area contributed by atoms with Gasteiger partial charge in [0.1, 0.15) is 0 Å². The molecule has 0 spiro atoms. The van der Waals surface area contributed by atoms with Gasteiger partial charge in [-0.3, -0.25) is 0 Å². The lowest BCUT2D eigenvalue weighted by Crippen LogP contribution is -1.65. The van der Waals surface area contributed by atoms with E-state index in [1.807, 2.05) is 0 Å². The van der Waals surface area contributed by atoms with Crippen LogP contribution in [0.5, 0.6) is 0 Å². The average Bonchev–Trinajstić information content (AvgIpc) is 2.20. The molecule has 0 saturated heterocycles. The van der Waals surface area contributed by atoms with Crippen molar-refractivity contribution in [2.75, 3.05) is 0 Å². The summed E-state index contributed by atoms with van der Waals surface area (Å²) in [6, 6.07) is 0. The molecule has 1 aromatic heterocycles. The smallest absolute Gasteiger partial charge is 0.213 e. The van der Waals surface area contributed by atoms with Crippen LogP contribution in [-0.4, -0.2) is 10.2 Å². The van der Waals surface area contributed by atoms with E-state index in [4.69, 9.17) is 0 Å². The molecule has 9 heavy (non-hydrogen) atoms. The van der Waals surface area contributed by atoms with Crippen LogP contribution in [-0.2, 0) is 0 Å². The van der Waals surface area contributed by atoms with Gasteiger partial charge in [-0.15, -0.1) is 10.2 Å². The van der Waals surface area contributed by atoms with Crippen molar-refractivity contribution in [3.05, 3.63) is 12.3 Å². The molecule has 0 bridgehead atoms. The minimum Gasteiger partial charge on any atom is -0.428 e. The topological polar surface area (TPSA) is 38.9 Å². The van der Waals surface area contributed by atoms with Crippen LogP contribution in [0.4, 0.5) is 0 Å². The van der Waals surface area contributed by atoms with E-state index in [0.717, 1.165) is 0 Å². The highest BCUT2D eigenvalue weighted by molar-refractivity contribution is 4.60. The number of hydrogen-bond donors (Lipinski definition) is 0. The van der Waals surface area contributed by atoms with Crippen LogP contribution < -0.4 is 0 Å². The Hall–Kier alpha value is -0.860. The predicted octanol–water partition coefficient (Wildman–Crippen LogP) is 1.79. The second-order valence-electron chi connectivity index (χ2n) is 1.66. The third-order valence-electron chi connectivity index (χ3n) is 0.469. The van der Waals surface area contributed by atoms with Gasteiger partial charge in [-0.25, -0.2) is 0 Å². The van der Waals surface area contributed by atoms with E-state index >= 15 is 0 Å². The molecule has 1 aromatic rings. The van der Waals surface area contributed by atoms with Crippen molar-refractivity contribution in [3.8, 4) is 0 Å². The molecular weight excluding hydrogens is 116 g/mol. The Kier molecular flexibility index (Phi) is 4.78. The van der Waals surface area contributed by atoms with Crippen LogP contribution in [0, 0.1) is 6.92 Å². The molecule has 0 aliphatic rings. The third kappa shape index (κ3) is 5.00. The van der Waals surface area contributed by atoms with Gasteiger partial charge in [0.2, 0.25) is 12.3 Å². The van der Waals surface area contributed by atoms with Crippen molar-refractivity contribution >= 4 is 0 Å². The fraction of sp³-hybridized carbons (Fsp3) is 0.667. The highest BCUT2D eigenvalue weighted by atomic mass is 16.4. The molecule has 52 valence electrons. The first-order valence-electron chi connectivity index (χ1n) is 3.04. The van der Waals surface area contributed by atoms with Crippen LogP contribution in [0.3, 0.4) is 0 Å². The van der Waals surface area contributed by atoms with Crippen LogP contribution in [0.1, 0.15) is 26.2 Å². The summed E-state index contributed by atoms with van der Waals surface area (Å²) in [5.41, 5.74) is 0. The van der Waals surface area contributed by atoms with Gasteiger partial charge in [-0.05, 0) is 0 Å². The Labute approximate surface area is 55.1 Å². The summed E-state index contributed by atoms with van der Waals surface area (Å²) >= 11 is 0. The molecule has 0 aromatic carbocycles. The highest BCUT2D eigenvalue weighted by Gasteiger charge is 1.79. The minimum absolute atomic E-state index is 0.606. The van der Waals surface area contributed by atoms with E-state index in [1.54, 1.807) is 6.92 Å². The zero-order valence-corrected chi connectivity index (χ0v) is 6.09. The highest BCUT2D eigenvalue weighted by Crippen LogP contribution is 1.82. The van der Waals surface area contributed by atoms with E-state index in [0.29, 0.717) is 5.89 Å². The van der Waals surface area contributed by atoms with Crippen LogP contribution in [0.2, 0.25) is 0 Å². The molecule has 0 fully saturated rings. The SMILES string of the molecule is CCC.Cc1nnco1. The molecule has 0 N–H and O–H groups in total. The number of nitrogens with zero attached hydrogens (tertiary/aromatic N) is 2. The van der Waals surface area contributed by atoms with E-state index < -0.39 is 0 Å². The van der Waals surface area contributed by atoms with Crippen molar-refractivity contribution in [2.24, 2.45) is 0 Å². The van der Waals surface area contributed by atoms with E-state index in [1.165, 1.54) is 12.8 Å². The molecule has 1 rings (SSSR count). The maximum Gasteiger partial charge on any atom is 0.213 e. The molecule has 0 amide bonds. The summed E-state index contributed by atoms with van der Waals surface area (Å²) in [5, 5.41) is 6.91. The molecule has 0 atom stereocenters. The van der Waals surface area contributed by atoms with Gasteiger partial charge in [0.15, 0.2) is 0 Å². The van der Waals surface area contributed by atoms with Gasteiger partial charge < -0.3 is 4.42 Å². The molecule has 1 heterocycles. The molecule has 0 saturated carbocycles. The molecule has 3 heteroatoms. The Morgan fingerprint density at radius 3 is 2.22 bits per heavy atom. The van der Waals surface area contributed by atoms with Gasteiger partial charge >= 0.3 is 0 Å².